The summed E-state index contributed by atoms with van der Waals surface area (Å²) in [6.07, 6.45) is 0.950. The van der Waals surface area contributed by atoms with Gasteiger partial charge in [-0.3, -0.25) is 0 Å². The van der Waals surface area contributed by atoms with Gasteiger partial charge in [0.05, 0.1) is 0 Å². The lowest BCUT2D eigenvalue weighted by Gasteiger charge is -2.14. The molecule has 0 unspecified atom stereocenters. The van der Waals surface area contributed by atoms with Crippen molar-refractivity contribution in [2.45, 2.75) is 13.8 Å². The van der Waals surface area contributed by atoms with Gasteiger partial charge in [-0.15, -0.1) is 0 Å². The van der Waals surface area contributed by atoms with Crippen molar-refractivity contribution in [3.05, 3.63) is 163 Å². The summed E-state index contributed by atoms with van der Waals surface area (Å²) in [7, 11) is 0. The second kappa shape index (κ2) is 11.5. The zero-order valence-electron chi connectivity index (χ0n) is 23.5. The number of aromatic nitrogens is 3. The van der Waals surface area contributed by atoms with E-state index >= 15 is 0 Å². The summed E-state index contributed by atoms with van der Waals surface area (Å²) in [5.74, 6) is 1.98. The molecule has 0 saturated carbocycles. The Morgan fingerprint density at radius 1 is 0.341 bits per heavy atom. The molecule has 3 heteroatoms. The molecule has 44 heavy (non-hydrogen) atoms. The number of hydrogen-bond donors (Lipinski definition) is 0. The van der Waals surface area contributed by atoms with Crippen LogP contribution in [0.15, 0.2) is 152 Å². The number of rotatable bonds is 5. The highest BCUT2D eigenvalue weighted by Gasteiger charge is 2.23. The lowest BCUT2D eigenvalue weighted by atomic mass is 9.90. The Kier molecular flexibility index (Phi) is 7.13. The molecule has 0 saturated heterocycles. The summed E-state index contributed by atoms with van der Waals surface area (Å²) in [5, 5.41) is 0. The molecule has 210 valence electrons. The van der Waals surface area contributed by atoms with Crippen molar-refractivity contribution < 1.29 is 0 Å². The van der Waals surface area contributed by atoms with Gasteiger partial charge >= 0.3 is 0 Å². The van der Waals surface area contributed by atoms with Crippen LogP contribution in [0.5, 0.6) is 0 Å². The Morgan fingerprint density at radius 3 is 1.45 bits per heavy atom. The van der Waals surface area contributed by atoms with Crippen LogP contribution in [-0.4, -0.2) is 15.0 Å². The van der Waals surface area contributed by atoms with Crippen molar-refractivity contribution in [1.82, 2.24) is 15.0 Å². The third-order valence-corrected chi connectivity index (χ3v) is 8.16. The van der Waals surface area contributed by atoms with Gasteiger partial charge in [-0.2, -0.15) is 0 Å². The molecule has 0 bridgehead atoms. The third kappa shape index (κ3) is 4.99. The second-order valence-electron chi connectivity index (χ2n) is 10.9. The van der Waals surface area contributed by atoms with Gasteiger partial charge in [0.1, 0.15) is 0 Å². The van der Waals surface area contributed by atoms with E-state index in [1.165, 1.54) is 38.9 Å². The predicted octanol–water partition coefficient (Wildman–Crippen LogP) is 10.4. The first-order valence-electron chi connectivity index (χ1n) is 14.6. The van der Waals surface area contributed by atoms with Gasteiger partial charge in [-0.05, 0) is 69.1 Å². The van der Waals surface area contributed by atoms with Gasteiger partial charge in [0.2, 0.25) is 0 Å². The van der Waals surface area contributed by atoms with E-state index in [0.29, 0.717) is 17.5 Å². The van der Waals surface area contributed by atoms with Crippen LogP contribution in [0.25, 0.3) is 67.5 Å². The molecular weight excluding hydrogens is 534 g/mol. The molecule has 6 aromatic carbocycles. The monoisotopic (exact) mass is 565 g/mol. The van der Waals surface area contributed by atoms with Crippen molar-refractivity contribution >= 4 is 0 Å². The fourth-order valence-electron chi connectivity index (χ4n) is 6.05. The molecule has 0 amide bonds. The Bertz CT molecular complexity index is 2030. The van der Waals surface area contributed by atoms with Crippen molar-refractivity contribution in [3.63, 3.8) is 0 Å². The van der Waals surface area contributed by atoms with Gasteiger partial charge in [0.15, 0.2) is 17.5 Å². The van der Waals surface area contributed by atoms with Gasteiger partial charge in [-0.1, -0.05) is 141 Å². The largest absolute Gasteiger partial charge is 0.208 e. The molecule has 3 nitrogen and oxygen atoms in total. The van der Waals surface area contributed by atoms with Crippen LogP contribution in [0.4, 0.5) is 0 Å². The minimum Gasteiger partial charge on any atom is -0.208 e. The highest BCUT2D eigenvalue weighted by Crippen LogP contribution is 2.44. The standard InChI is InChI=1S/C40H27N3.CH4/c1-4-13-27(14-5-1)35-25-33(26-36-34-22-11-10-19-31(34)24-37(35)36)30-20-12-21-32(23-30)40-42-38(28-15-6-2-7-16-28)41-39(43-40)29-17-8-3-9-18-29;/h1-23,25-26H,24H2;1H4. The van der Waals surface area contributed by atoms with E-state index in [4.69, 9.17) is 15.0 Å². The van der Waals surface area contributed by atoms with Gasteiger partial charge in [0, 0.05) is 16.7 Å². The topological polar surface area (TPSA) is 38.7 Å². The summed E-state index contributed by atoms with van der Waals surface area (Å²) >= 11 is 0. The molecule has 0 spiro atoms. The lowest BCUT2D eigenvalue weighted by molar-refractivity contribution is 1.07. The highest BCUT2D eigenvalue weighted by molar-refractivity contribution is 5.90. The molecular formula is C41H31N3. The normalized spacial score (nSPS) is 11.4. The molecule has 0 aliphatic heterocycles. The average molecular weight is 566 g/mol. The Labute approximate surface area is 258 Å². The summed E-state index contributed by atoms with van der Waals surface area (Å²) in [6, 6.07) is 53.0. The Hall–Kier alpha value is -5.67. The van der Waals surface area contributed by atoms with Crippen molar-refractivity contribution in [1.29, 1.82) is 0 Å². The summed E-state index contributed by atoms with van der Waals surface area (Å²) in [4.78, 5) is 14.8. The van der Waals surface area contributed by atoms with Crippen molar-refractivity contribution in [2.75, 3.05) is 0 Å². The average Bonchev–Trinajstić information content (AvgIpc) is 3.48. The van der Waals surface area contributed by atoms with Crippen LogP contribution in [0.1, 0.15) is 18.6 Å². The molecule has 1 aliphatic carbocycles. The summed E-state index contributed by atoms with van der Waals surface area (Å²) < 4.78 is 0. The quantitative estimate of drug-likeness (QED) is 0.208. The van der Waals surface area contributed by atoms with Gasteiger partial charge in [-0.25, -0.2) is 15.0 Å². The molecule has 0 N–H and O–H groups in total. The van der Waals surface area contributed by atoms with Gasteiger partial charge < -0.3 is 0 Å². The van der Waals surface area contributed by atoms with E-state index in [1.54, 1.807) is 0 Å². The molecule has 0 atom stereocenters. The zero-order chi connectivity index (χ0) is 28.6. The minimum absolute atomic E-state index is 0. The Balaban J connectivity index is 0.00000312. The van der Waals surface area contributed by atoms with Crippen molar-refractivity contribution in [2.24, 2.45) is 0 Å². The van der Waals surface area contributed by atoms with Crippen LogP contribution >= 0.6 is 0 Å². The van der Waals surface area contributed by atoms with Crippen LogP contribution in [0, 0.1) is 0 Å². The molecule has 8 rings (SSSR count). The SMILES string of the molecule is C.c1ccc(-c2nc(-c3ccccc3)nc(-c3cccc(-c4cc(-c5ccccc5)c5c(c4)-c4ccccc4C5)c3)n2)cc1. The van der Waals surface area contributed by atoms with E-state index in [0.717, 1.165) is 28.7 Å². The lowest BCUT2D eigenvalue weighted by Crippen LogP contribution is -2.00. The molecule has 1 aromatic heterocycles. The Morgan fingerprint density at radius 2 is 0.818 bits per heavy atom. The molecule has 7 aromatic rings. The molecule has 0 radical (unpaired) electrons. The van der Waals surface area contributed by atoms with E-state index in [-0.39, 0.29) is 7.43 Å². The van der Waals surface area contributed by atoms with Crippen LogP contribution in [-0.2, 0) is 6.42 Å². The van der Waals surface area contributed by atoms with Crippen molar-refractivity contribution in [3.8, 4) is 67.5 Å². The van der Waals surface area contributed by atoms with E-state index in [1.807, 2.05) is 60.7 Å². The van der Waals surface area contributed by atoms with E-state index < -0.39 is 0 Å². The maximum Gasteiger partial charge on any atom is 0.164 e. The maximum absolute atomic E-state index is 4.96. The van der Waals surface area contributed by atoms with E-state index in [2.05, 4.69) is 91.0 Å². The smallest absolute Gasteiger partial charge is 0.164 e. The van der Waals surface area contributed by atoms with Gasteiger partial charge in [0.25, 0.3) is 0 Å². The number of nitrogens with zero attached hydrogens (tertiary/aromatic N) is 3. The highest BCUT2D eigenvalue weighted by atomic mass is 15.0. The first-order chi connectivity index (χ1) is 21.3. The minimum atomic E-state index is 0. The molecule has 1 aliphatic rings. The fourth-order valence-corrected chi connectivity index (χ4v) is 6.05. The number of hydrogen-bond acceptors (Lipinski definition) is 3. The first-order valence-corrected chi connectivity index (χ1v) is 14.6. The maximum atomic E-state index is 4.96. The molecule has 0 fully saturated rings. The van der Waals surface area contributed by atoms with Crippen LogP contribution in [0.3, 0.4) is 0 Å². The summed E-state index contributed by atoms with van der Waals surface area (Å²) in [5.41, 5.74) is 13.1. The molecule has 1 heterocycles. The number of benzene rings is 6. The number of fused-ring (bicyclic) bond motifs is 3. The third-order valence-electron chi connectivity index (χ3n) is 8.16. The second-order valence-corrected chi connectivity index (χ2v) is 10.9. The zero-order valence-corrected chi connectivity index (χ0v) is 23.5. The predicted molar refractivity (Wildman–Crippen MR) is 182 cm³/mol. The van der Waals surface area contributed by atoms with Crippen LogP contribution in [0.2, 0.25) is 0 Å². The summed E-state index contributed by atoms with van der Waals surface area (Å²) in [6.45, 7) is 0. The first kappa shape index (κ1) is 27.2. The van der Waals surface area contributed by atoms with E-state index in [9.17, 15) is 0 Å². The van der Waals surface area contributed by atoms with Crippen LogP contribution < -0.4 is 0 Å². The fraction of sp³-hybridized carbons (Fsp3) is 0.0488.